The van der Waals surface area contributed by atoms with Gasteiger partial charge in [-0.1, -0.05) is 37.1 Å². The van der Waals surface area contributed by atoms with Gasteiger partial charge < -0.3 is 9.84 Å². The van der Waals surface area contributed by atoms with E-state index >= 15 is 0 Å². The zero-order chi connectivity index (χ0) is 15.2. The molecule has 0 bridgehead atoms. The van der Waals surface area contributed by atoms with Crippen LogP contribution in [0.25, 0.3) is 0 Å². The van der Waals surface area contributed by atoms with Gasteiger partial charge in [0.1, 0.15) is 10.8 Å². The highest BCUT2D eigenvalue weighted by molar-refractivity contribution is 6.34. The molecule has 1 heterocycles. The van der Waals surface area contributed by atoms with E-state index in [1.807, 2.05) is 24.3 Å². The van der Waals surface area contributed by atoms with Gasteiger partial charge in [-0.3, -0.25) is 0 Å². The molecule has 21 heavy (non-hydrogen) atoms. The topological polar surface area (TPSA) is 59.4 Å². The summed E-state index contributed by atoms with van der Waals surface area (Å²) in [4.78, 5) is 15.0. The van der Waals surface area contributed by atoms with Crippen LogP contribution in [0.4, 0.5) is 0 Å². The molecule has 0 aliphatic heterocycles. The third-order valence-corrected chi connectivity index (χ3v) is 3.41. The van der Waals surface area contributed by atoms with E-state index in [0.717, 1.165) is 19.3 Å². The highest BCUT2D eigenvalue weighted by atomic mass is 35.5. The van der Waals surface area contributed by atoms with Crippen LogP contribution in [0.2, 0.25) is 5.02 Å². The molecule has 110 valence electrons. The summed E-state index contributed by atoms with van der Waals surface area (Å²) in [6.07, 6.45) is 4.69. The van der Waals surface area contributed by atoms with Gasteiger partial charge in [0.25, 0.3) is 0 Å². The summed E-state index contributed by atoms with van der Waals surface area (Å²) in [5, 5.41) is 9.01. The maximum atomic E-state index is 11.0. The van der Waals surface area contributed by atoms with Gasteiger partial charge in [-0.25, -0.2) is 9.78 Å². The molecule has 0 saturated heterocycles. The summed E-state index contributed by atoms with van der Waals surface area (Å²) >= 11 is 5.99. The molecule has 0 aliphatic rings. The zero-order valence-corrected chi connectivity index (χ0v) is 12.4. The van der Waals surface area contributed by atoms with Gasteiger partial charge in [0.2, 0.25) is 5.88 Å². The van der Waals surface area contributed by atoms with Crippen molar-refractivity contribution < 1.29 is 14.6 Å². The number of aromatic carboxylic acids is 1. The third kappa shape index (κ3) is 3.95. The lowest BCUT2D eigenvalue weighted by molar-refractivity contribution is 0.0696. The number of nitrogens with zero attached hydrogens (tertiary/aromatic N) is 1. The Kier molecular flexibility index (Phi) is 5.17. The van der Waals surface area contributed by atoms with Crippen molar-refractivity contribution in [2.45, 2.75) is 26.2 Å². The molecule has 1 N–H and O–H groups in total. The normalized spacial score (nSPS) is 10.4. The van der Waals surface area contributed by atoms with Gasteiger partial charge in [0.05, 0.1) is 5.56 Å². The summed E-state index contributed by atoms with van der Waals surface area (Å²) in [7, 11) is 0. The van der Waals surface area contributed by atoms with Crippen molar-refractivity contribution >= 4 is 17.6 Å². The molecule has 1 aromatic heterocycles. The van der Waals surface area contributed by atoms with E-state index in [2.05, 4.69) is 11.9 Å². The molecule has 0 amide bonds. The van der Waals surface area contributed by atoms with Crippen molar-refractivity contribution in [3.8, 4) is 11.6 Å². The van der Waals surface area contributed by atoms with Crippen molar-refractivity contribution in [1.29, 1.82) is 0 Å². The van der Waals surface area contributed by atoms with E-state index in [9.17, 15) is 4.79 Å². The first kappa shape index (κ1) is 15.3. The SMILES string of the molecule is CCCCc1ccc(Oc2nccc(C(=O)O)c2Cl)cc1. The van der Waals surface area contributed by atoms with Crippen LogP contribution in [0.5, 0.6) is 11.6 Å². The van der Waals surface area contributed by atoms with E-state index in [4.69, 9.17) is 21.4 Å². The molecular formula is C16H16ClNO3. The van der Waals surface area contributed by atoms with Crippen LogP contribution in [-0.4, -0.2) is 16.1 Å². The minimum Gasteiger partial charge on any atom is -0.478 e. The van der Waals surface area contributed by atoms with Crippen LogP contribution < -0.4 is 4.74 Å². The van der Waals surface area contributed by atoms with Crippen LogP contribution in [0, 0.1) is 0 Å². The molecule has 0 aliphatic carbocycles. The number of unbranched alkanes of at least 4 members (excludes halogenated alkanes) is 1. The van der Waals surface area contributed by atoms with Crippen LogP contribution in [0.3, 0.4) is 0 Å². The Labute approximate surface area is 128 Å². The average molecular weight is 306 g/mol. The van der Waals surface area contributed by atoms with Crippen molar-refractivity contribution in [2.24, 2.45) is 0 Å². The first-order valence-corrected chi connectivity index (χ1v) is 7.14. The van der Waals surface area contributed by atoms with Crippen molar-refractivity contribution in [1.82, 2.24) is 4.98 Å². The molecule has 4 nitrogen and oxygen atoms in total. The Balaban J connectivity index is 2.15. The van der Waals surface area contributed by atoms with E-state index in [1.54, 1.807) is 0 Å². The predicted molar refractivity (Wildman–Crippen MR) is 81.3 cm³/mol. The fourth-order valence-electron chi connectivity index (χ4n) is 1.88. The van der Waals surface area contributed by atoms with Crippen LogP contribution in [0.15, 0.2) is 36.5 Å². The maximum absolute atomic E-state index is 11.0. The molecule has 2 rings (SSSR count). The van der Waals surface area contributed by atoms with Crippen LogP contribution in [-0.2, 0) is 6.42 Å². The quantitative estimate of drug-likeness (QED) is 0.849. The fraction of sp³-hybridized carbons (Fsp3) is 0.250. The Bertz CT molecular complexity index is 626. The number of hydrogen-bond acceptors (Lipinski definition) is 3. The monoisotopic (exact) mass is 305 g/mol. The lowest BCUT2D eigenvalue weighted by Gasteiger charge is -2.08. The average Bonchev–Trinajstić information content (AvgIpc) is 2.48. The Morgan fingerprint density at radius 1 is 1.29 bits per heavy atom. The van der Waals surface area contributed by atoms with E-state index in [0.29, 0.717) is 5.75 Å². The van der Waals surface area contributed by atoms with E-state index in [-0.39, 0.29) is 16.5 Å². The Hall–Kier alpha value is -2.07. The number of halogens is 1. The lowest BCUT2D eigenvalue weighted by atomic mass is 10.1. The largest absolute Gasteiger partial charge is 0.478 e. The molecule has 1 aromatic carbocycles. The number of rotatable bonds is 6. The Morgan fingerprint density at radius 2 is 2.00 bits per heavy atom. The minimum absolute atomic E-state index is 0.0000551. The molecule has 0 radical (unpaired) electrons. The maximum Gasteiger partial charge on any atom is 0.337 e. The predicted octanol–water partition coefficient (Wildman–Crippen LogP) is 4.57. The van der Waals surface area contributed by atoms with Gasteiger partial charge in [0.15, 0.2) is 0 Å². The van der Waals surface area contributed by atoms with Gasteiger partial charge in [0, 0.05) is 6.20 Å². The first-order valence-electron chi connectivity index (χ1n) is 6.76. The number of benzene rings is 1. The summed E-state index contributed by atoms with van der Waals surface area (Å²) in [5.74, 6) is -0.438. The number of aryl methyl sites for hydroxylation is 1. The molecule has 2 aromatic rings. The molecule has 0 fully saturated rings. The number of pyridine rings is 1. The Morgan fingerprint density at radius 3 is 2.62 bits per heavy atom. The lowest BCUT2D eigenvalue weighted by Crippen LogP contribution is -2.00. The summed E-state index contributed by atoms with van der Waals surface area (Å²) in [6, 6.07) is 8.97. The van der Waals surface area contributed by atoms with Crippen molar-refractivity contribution in [3.05, 3.63) is 52.7 Å². The number of ether oxygens (including phenoxy) is 1. The number of carboxylic acids is 1. The third-order valence-electron chi connectivity index (χ3n) is 3.04. The van der Waals surface area contributed by atoms with Gasteiger partial charge in [-0.05, 0) is 36.6 Å². The van der Waals surface area contributed by atoms with Crippen LogP contribution >= 0.6 is 11.6 Å². The summed E-state index contributed by atoms with van der Waals surface area (Å²) in [5.41, 5.74) is 1.21. The highest BCUT2D eigenvalue weighted by Gasteiger charge is 2.14. The molecule has 0 unspecified atom stereocenters. The zero-order valence-electron chi connectivity index (χ0n) is 11.7. The fourth-order valence-corrected chi connectivity index (χ4v) is 2.11. The standard InChI is InChI=1S/C16H16ClNO3/c1-2-3-4-11-5-7-12(8-6-11)21-15-14(17)13(16(19)20)9-10-18-15/h5-10H,2-4H2,1H3,(H,19,20). The highest BCUT2D eigenvalue weighted by Crippen LogP contribution is 2.30. The number of hydrogen-bond donors (Lipinski definition) is 1. The number of carbonyl (C=O) groups is 1. The molecule has 5 heteroatoms. The molecular weight excluding hydrogens is 290 g/mol. The first-order chi connectivity index (χ1) is 10.1. The van der Waals surface area contributed by atoms with E-state index < -0.39 is 5.97 Å². The molecule has 0 saturated carbocycles. The summed E-state index contributed by atoms with van der Waals surface area (Å²) < 4.78 is 5.55. The van der Waals surface area contributed by atoms with Gasteiger partial charge >= 0.3 is 5.97 Å². The number of aromatic nitrogens is 1. The van der Waals surface area contributed by atoms with E-state index in [1.165, 1.54) is 17.8 Å². The summed E-state index contributed by atoms with van der Waals surface area (Å²) in [6.45, 7) is 2.15. The van der Waals surface area contributed by atoms with Crippen molar-refractivity contribution in [2.75, 3.05) is 0 Å². The van der Waals surface area contributed by atoms with Crippen LogP contribution in [0.1, 0.15) is 35.7 Å². The number of carboxylic acid groups (broad SMARTS) is 1. The smallest absolute Gasteiger partial charge is 0.337 e. The van der Waals surface area contributed by atoms with Gasteiger partial charge in [-0.15, -0.1) is 0 Å². The second-order valence-corrected chi connectivity index (χ2v) is 5.01. The van der Waals surface area contributed by atoms with Gasteiger partial charge in [-0.2, -0.15) is 0 Å². The molecule has 0 spiro atoms. The molecule has 0 atom stereocenters. The van der Waals surface area contributed by atoms with Crippen molar-refractivity contribution in [3.63, 3.8) is 0 Å². The second kappa shape index (κ2) is 7.09. The minimum atomic E-state index is -1.11. The second-order valence-electron chi connectivity index (χ2n) is 4.63.